The van der Waals surface area contributed by atoms with Crippen molar-refractivity contribution in [2.75, 3.05) is 13.7 Å². The molecule has 0 saturated carbocycles. The van der Waals surface area contributed by atoms with Gasteiger partial charge in [-0.1, -0.05) is 12.1 Å². The standard InChI is InChI=1S/C12H19NO2/c1-9(8-14-3)15-12-6-4-5-11(7-12)10(2)13/h4-7,9-10H,8,13H2,1-3H3/t9?,10-/m1/s1. The summed E-state index contributed by atoms with van der Waals surface area (Å²) in [5.41, 5.74) is 6.87. The van der Waals surface area contributed by atoms with Crippen LogP contribution in [-0.4, -0.2) is 19.8 Å². The van der Waals surface area contributed by atoms with Gasteiger partial charge < -0.3 is 15.2 Å². The second kappa shape index (κ2) is 5.73. The van der Waals surface area contributed by atoms with Crippen molar-refractivity contribution in [2.24, 2.45) is 5.73 Å². The van der Waals surface area contributed by atoms with Gasteiger partial charge in [0.05, 0.1) is 6.61 Å². The number of rotatable bonds is 5. The zero-order valence-corrected chi connectivity index (χ0v) is 9.57. The van der Waals surface area contributed by atoms with Crippen LogP contribution < -0.4 is 10.5 Å². The molecule has 3 nitrogen and oxygen atoms in total. The molecule has 0 saturated heterocycles. The molecule has 0 aliphatic heterocycles. The predicted molar refractivity (Wildman–Crippen MR) is 61.0 cm³/mol. The second-order valence-electron chi connectivity index (χ2n) is 3.74. The van der Waals surface area contributed by atoms with Gasteiger partial charge >= 0.3 is 0 Å². The van der Waals surface area contributed by atoms with E-state index in [1.165, 1.54) is 0 Å². The Kier molecular flexibility index (Phi) is 4.59. The zero-order valence-electron chi connectivity index (χ0n) is 9.57. The molecule has 1 aromatic rings. The highest BCUT2D eigenvalue weighted by Crippen LogP contribution is 2.18. The Morgan fingerprint density at radius 2 is 2.07 bits per heavy atom. The van der Waals surface area contributed by atoms with Gasteiger partial charge in [0, 0.05) is 13.2 Å². The van der Waals surface area contributed by atoms with Gasteiger partial charge in [-0.05, 0) is 31.5 Å². The van der Waals surface area contributed by atoms with Crippen molar-refractivity contribution < 1.29 is 9.47 Å². The highest BCUT2D eigenvalue weighted by atomic mass is 16.5. The Morgan fingerprint density at radius 1 is 1.33 bits per heavy atom. The van der Waals surface area contributed by atoms with Gasteiger partial charge in [-0.25, -0.2) is 0 Å². The van der Waals surface area contributed by atoms with Gasteiger partial charge in [0.25, 0.3) is 0 Å². The molecule has 0 spiro atoms. The van der Waals surface area contributed by atoms with Gasteiger partial charge in [-0.2, -0.15) is 0 Å². The van der Waals surface area contributed by atoms with Crippen molar-refractivity contribution in [1.82, 2.24) is 0 Å². The van der Waals surface area contributed by atoms with Crippen molar-refractivity contribution in [3.63, 3.8) is 0 Å². The fourth-order valence-corrected chi connectivity index (χ4v) is 1.37. The van der Waals surface area contributed by atoms with Crippen molar-refractivity contribution in [2.45, 2.75) is 26.0 Å². The summed E-state index contributed by atoms with van der Waals surface area (Å²) in [5, 5.41) is 0. The summed E-state index contributed by atoms with van der Waals surface area (Å²) >= 11 is 0. The minimum atomic E-state index is 0.0336. The highest BCUT2D eigenvalue weighted by Gasteiger charge is 2.05. The van der Waals surface area contributed by atoms with E-state index >= 15 is 0 Å². The SMILES string of the molecule is COCC(C)Oc1cccc([C@@H](C)N)c1. The van der Waals surface area contributed by atoms with Crippen LogP contribution >= 0.6 is 0 Å². The summed E-state index contributed by atoms with van der Waals surface area (Å²) < 4.78 is 10.7. The molecule has 0 aliphatic rings. The van der Waals surface area contributed by atoms with Crippen LogP contribution in [0.4, 0.5) is 0 Å². The predicted octanol–water partition coefficient (Wildman–Crippen LogP) is 2.12. The van der Waals surface area contributed by atoms with E-state index in [-0.39, 0.29) is 12.1 Å². The maximum atomic E-state index is 5.79. The lowest BCUT2D eigenvalue weighted by Gasteiger charge is -2.15. The molecule has 1 rings (SSSR count). The average Bonchev–Trinajstić information content (AvgIpc) is 2.18. The van der Waals surface area contributed by atoms with Crippen molar-refractivity contribution in [3.8, 4) is 5.75 Å². The summed E-state index contributed by atoms with van der Waals surface area (Å²) in [6.07, 6.45) is 0.0540. The Labute approximate surface area is 91.2 Å². The van der Waals surface area contributed by atoms with Crippen LogP contribution in [0.1, 0.15) is 25.5 Å². The van der Waals surface area contributed by atoms with E-state index in [0.29, 0.717) is 6.61 Å². The number of hydrogen-bond acceptors (Lipinski definition) is 3. The first kappa shape index (κ1) is 12.0. The number of methoxy groups -OCH3 is 1. The zero-order chi connectivity index (χ0) is 11.3. The summed E-state index contributed by atoms with van der Waals surface area (Å²) in [5.74, 6) is 0.842. The third-order valence-corrected chi connectivity index (χ3v) is 2.12. The molecule has 0 fully saturated rings. The van der Waals surface area contributed by atoms with E-state index in [1.54, 1.807) is 7.11 Å². The molecule has 0 bridgehead atoms. The first-order valence-electron chi connectivity index (χ1n) is 5.14. The first-order chi connectivity index (χ1) is 7.13. The van der Waals surface area contributed by atoms with Crippen molar-refractivity contribution in [1.29, 1.82) is 0 Å². The summed E-state index contributed by atoms with van der Waals surface area (Å²) in [7, 11) is 1.66. The van der Waals surface area contributed by atoms with Crippen LogP contribution in [0.2, 0.25) is 0 Å². The maximum absolute atomic E-state index is 5.79. The lowest BCUT2D eigenvalue weighted by atomic mass is 10.1. The van der Waals surface area contributed by atoms with E-state index in [4.69, 9.17) is 15.2 Å². The molecule has 0 aromatic heterocycles. The average molecular weight is 209 g/mol. The van der Waals surface area contributed by atoms with Crippen LogP contribution in [0.3, 0.4) is 0 Å². The topological polar surface area (TPSA) is 44.5 Å². The van der Waals surface area contributed by atoms with Gasteiger partial charge in [0.15, 0.2) is 0 Å². The van der Waals surface area contributed by atoms with Gasteiger partial charge in [-0.3, -0.25) is 0 Å². The molecule has 0 heterocycles. The Balaban J connectivity index is 2.65. The maximum Gasteiger partial charge on any atom is 0.120 e. The molecular formula is C12H19NO2. The number of nitrogens with two attached hydrogens (primary N) is 1. The molecule has 0 amide bonds. The number of benzene rings is 1. The quantitative estimate of drug-likeness (QED) is 0.807. The van der Waals surface area contributed by atoms with E-state index in [9.17, 15) is 0 Å². The molecule has 2 atom stereocenters. The molecule has 3 heteroatoms. The number of ether oxygens (including phenoxy) is 2. The van der Waals surface area contributed by atoms with E-state index < -0.39 is 0 Å². The van der Waals surface area contributed by atoms with Crippen LogP contribution in [-0.2, 0) is 4.74 Å². The van der Waals surface area contributed by atoms with Crippen LogP contribution in [0.15, 0.2) is 24.3 Å². The van der Waals surface area contributed by atoms with Crippen LogP contribution in [0.25, 0.3) is 0 Å². The molecule has 1 unspecified atom stereocenters. The van der Waals surface area contributed by atoms with Gasteiger partial charge in [-0.15, -0.1) is 0 Å². The molecule has 0 aliphatic carbocycles. The van der Waals surface area contributed by atoms with Crippen molar-refractivity contribution >= 4 is 0 Å². The Morgan fingerprint density at radius 3 is 2.67 bits per heavy atom. The normalized spacial score (nSPS) is 14.7. The Hall–Kier alpha value is -1.06. The van der Waals surface area contributed by atoms with Gasteiger partial charge in [0.2, 0.25) is 0 Å². The highest BCUT2D eigenvalue weighted by molar-refractivity contribution is 5.30. The molecule has 1 aromatic carbocycles. The smallest absolute Gasteiger partial charge is 0.120 e. The largest absolute Gasteiger partial charge is 0.488 e. The minimum absolute atomic E-state index is 0.0336. The van der Waals surface area contributed by atoms with Crippen molar-refractivity contribution in [3.05, 3.63) is 29.8 Å². The molecular weight excluding hydrogens is 190 g/mol. The summed E-state index contributed by atoms with van der Waals surface area (Å²) in [6.45, 7) is 4.52. The fourth-order valence-electron chi connectivity index (χ4n) is 1.37. The summed E-state index contributed by atoms with van der Waals surface area (Å²) in [4.78, 5) is 0. The van der Waals surface area contributed by atoms with Crippen LogP contribution in [0.5, 0.6) is 5.75 Å². The lowest BCUT2D eigenvalue weighted by molar-refractivity contribution is 0.0920. The second-order valence-corrected chi connectivity index (χ2v) is 3.74. The van der Waals surface area contributed by atoms with E-state index in [0.717, 1.165) is 11.3 Å². The third-order valence-electron chi connectivity index (χ3n) is 2.12. The monoisotopic (exact) mass is 209 g/mol. The molecule has 84 valence electrons. The van der Waals surface area contributed by atoms with E-state index in [1.807, 2.05) is 38.1 Å². The summed E-state index contributed by atoms with van der Waals surface area (Å²) in [6, 6.07) is 7.88. The van der Waals surface area contributed by atoms with Crippen LogP contribution in [0, 0.1) is 0 Å². The minimum Gasteiger partial charge on any atom is -0.488 e. The Bertz CT molecular complexity index is 299. The molecule has 15 heavy (non-hydrogen) atoms. The first-order valence-corrected chi connectivity index (χ1v) is 5.14. The third kappa shape index (κ3) is 3.90. The van der Waals surface area contributed by atoms with Gasteiger partial charge in [0.1, 0.15) is 11.9 Å². The lowest BCUT2D eigenvalue weighted by Crippen LogP contribution is -2.18. The van der Waals surface area contributed by atoms with E-state index in [2.05, 4.69) is 0 Å². The molecule has 0 radical (unpaired) electrons. The molecule has 2 N–H and O–H groups in total. The fraction of sp³-hybridized carbons (Fsp3) is 0.500. The number of hydrogen-bond donors (Lipinski definition) is 1.